The first-order chi connectivity index (χ1) is 12.7. The van der Waals surface area contributed by atoms with Gasteiger partial charge in [-0.15, -0.1) is 0 Å². The molecule has 146 valence electrons. The maximum atomic E-state index is 12.2. The zero-order valence-corrected chi connectivity index (χ0v) is 18.5. The van der Waals surface area contributed by atoms with Gasteiger partial charge in [0.05, 0.1) is 18.5 Å². The number of nitrogens with zero attached hydrogens (tertiary/aromatic N) is 1. The van der Waals surface area contributed by atoms with Crippen LogP contribution in [0.4, 0.5) is 5.69 Å². The molecule has 1 N–H and O–H groups in total. The highest BCUT2D eigenvalue weighted by atomic mass is 127. The molecule has 0 heterocycles. The Balaban J connectivity index is 1.89. The van der Waals surface area contributed by atoms with Gasteiger partial charge in [-0.2, -0.15) is 0 Å². The molecule has 2 rings (SSSR count). The first kappa shape index (κ1) is 21.5. The van der Waals surface area contributed by atoms with E-state index in [9.17, 15) is 13.2 Å². The molecule has 0 aliphatic carbocycles. The van der Waals surface area contributed by atoms with E-state index in [4.69, 9.17) is 4.74 Å². The number of anilines is 1. The Kier molecular flexibility index (Phi) is 7.49. The van der Waals surface area contributed by atoms with E-state index >= 15 is 0 Å². The third kappa shape index (κ3) is 6.69. The molecule has 2 aromatic carbocycles. The molecule has 0 bridgehead atoms. The predicted molar refractivity (Wildman–Crippen MR) is 116 cm³/mol. The fourth-order valence-electron chi connectivity index (χ4n) is 2.51. The molecule has 0 spiro atoms. The number of nitrogens with one attached hydrogen (secondary N) is 1. The third-order valence-corrected chi connectivity index (χ3v) is 5.67. The lowest BCUT2D eigenvalue weighted by atomic mass is 10.1. The molecule has 0 aromatic heterocycles. The number of ether oxygens (including phenoxy) is 1. The molecule has 1 amide bonds. The van der Waals surface area contributed by atoms with Crippen LogP contribution in [0, 0.1) is 17.4 Å². The van der Waals surface area contributed by atoms with E-state index in [1.807, 2.05) is 32.0 Å². The van der Waals surface area contributed by atoms with Crippen LogP contribution in [-0.2, 0) is 14.8 Å². The van der Waals surface area contributed by atoms with Gasteiger partial charge in [-0.25, -0.2) is 8.42 Å². The summed E-state index contributed by atoms with van der Waals surface area (Å²) in [5.74, 6) is 0.384. The third-order valence-electron chi connectivity index (χ3n) is 3.81. The van der Waals surface area contributed by atoms with E-state index in [0.29, 0.717) is 12.3 Å². The van der Waals surface area contributed by atoms with Crippen LogP contribution >= 0.6 is 22.6 Å². The molecule has 0 unspecified atom stereocenters. The van der Waals surface area contributed by atoms with Gasteiger partial charge in [0, 0.05) is 3.57 Å². The van der Waals surface area contributed by atoms with Crippen molar-refractivity contribution in [2.75, 3.05) is 30.3 Å². The minimum absolute atomic E-state index is 0.275. The van der Waals surface area contributed by atoms with E-state index in [-0.39, 0.29) is 19.0 Å². The van der Waals surface area contributed by atoms with Crippen molar-refractivity contribution in [2.24, 2.45) is 0 Å². The fraction of sp³-hybridized carbons (Fsp3) is 0.316. The number of hydrogen-bond donors (Lipinski definition) is 1. The summed E-state index contributed by atoms with van der Waals surface area (Å²) in [5, 5.41) is 2.70. The van der Waals surface area contributed by atoms with Gasteiger partial charge >= 0.3 is 0 Å². The monoisotopic (exact) mass is 502 g/mol. The Morgan fingerprint density at radius 3 is 2.41 bits per heavy atom. The topological polar surface area (TPSA) is 75.7 Å². The van der Waals surface area contributed by atoms with Gasteiger partial charge in [0.25, 0.3) is 0 Å². The van der Waals surface area contributed by atoms with Crippen molar-refractivity contribution in [2.45, 2.75) is 13.8 Å². The van der Waals surface area contributed by atoms with Crippen LogP contribution in [0.3, 0.4) is 0 Å². The quantitative estimate of drug-likeness (QED) is 0.445. The van der Waals surface area contributed by atoms with Gasteiger partial charge < -0.3 is 10.1 Å². The van der Waals surface area contributed by atoms with Crippen LogP contribution in [-0.4, -0.2) is 40.3 Å². The highest BCUT2D eigenvalue weighted by Crippen LogP contribution is 2.19. The maximum Gasteiger partial charge on any atom is 0.240 e. The average Bonchev–Trinajstić information content (AvgIpc) is 2.58. The number of hydrogen-bond acceptors (Lipinski definition) is 4. The van der Waals surface area contributed by atoms with Crippen molar-refractivity contribution in [1.82, 2.24) is 5.32 Å². The number of carbonyl (C=O) groups excluding carboxylic acids is 1. The zero-order chi connectivity index (χ0) is 20.0. The normalized spacial score (nSPS) is 11.1. The van der Waals surface area contributed by atoms with E-state index in [1.54, 1.807) is 24.3 Å². The molecule has 0 radical (unpaired) electrons. The van der Waals surface area contributed by atoms with Crippen molar-refractivity contribution < 1.29 is 17.9 Å². The predicted octanol–water partition coefficient (Wildman–Crippen LogP) is 2.87. The molecule has 0 atom stereocenters. The SMILES string of the molecule is Cc1ccc(OCCNC(=O)CN(c2ccc(I)cc2)S(C)(=O)=O)c(C)c1. The highest BCUT2D eigenvalue weighted by Gasteiger charge is 2.20. The van der Waals surface area contributed by atoms with Crippen LogP contribution in [0.25, 0.3) is 0 Å². The van der Waals surface area contributed by atoms with Crippen LogP contribution in [0.1, 0.15) is 11.1 Å². The summed E-state index contributed by atoms with van der Waals surface area (Å²) in [4.78, 5) is 12.2. The Hall–Kier alpha value is -1.81. The van der Waals surface area contributed by atoms with Gasteiger partial charge in [0.15, 0.2) is 0 Å². The van der Waals surface area contributed by atoms with E-state index in [1.165, 1.54) is 0 Å². The number of carbonyl (C=O) groups is 1. The zero-order valence-electron chi connectivity index (χ0n) is 15.5. The van der Waals surface area contributed by atoms with E-state index in [0.717, 1.165) is 31.0 Å². The van der Waals surface area contributed by atoms with Crippen LogP contribution in [0.2, 0.25) is 0 Å². The maximum absolute atomic E-state index is 12.2. The largest absolute Gasteiger partial charge is 0.491 e. The molecule has 0 saturated carbocycles. The second kappa shape index (κ2) is 9.41. The number of sulfonamides is 1. The number of halogens is 1. The summed E-state index contributed by atoms with van der Waals surface area (Å²) in [6, 6.07) is 12.8. The molecular formula is C19H23IN2O4S. The number of benzene rings is 2. The van der Waals surface area contributed by atoms with Gasteiger partial charge in [-0.1, -0.05) is 17.7 Å². The summed E-state index contributed by atoms with van der Waals surface area (Å²) in [5.41, 5.74) is 2.65. The summed E-state index contributed by atoms with van der Waals surface area (Å²) < 4.78 is 31.8. The van der Waals surface area contributed by atoms with Crippen LogP contribution in [0.15, 0.2) is 42.5 Å². The van der Waals surface area contributed by atoms with Crippen molar-refractivity contribution in [3.63, 3.8) is 0 Å². The first-order valence-electron chi connectivity index (χ1n) is 8.37. The summed E-state index contributed by atoms with van der Waals surface area (Å²) in [6.45, 7) is 4.29. The summed E-state index contributed by atoms with van der Waals surface area (Å²) >= 11 is 2.14. The summed E-state index contributed by atoms with van der Waals surface area (Å²) in [7, 11) is -3.57. The van der Waals surface area contributed by atoms with Gasteiger partial charge in [0.1, 0.15) is 18.9 Å². The van der Waals surface area contributed by atoms with E-state index in [2.05, 4.69) is 27.9 Å². The smallest absolute Gasteiger partial charge is 0.240 e. The standard InChI is InChI=1S/C19H23IN2O4S/c1-14-4-9-18(15(2)12-14)26-11-10-21-19(23)13-22(27(3,24)25)17-7-5-16(20)6-8-17/h4-9,12H,10-11,13H2,1-3H3,(H,21,23). The molecule has 2 aromatic rings. The molecule has 6 nitrogen and oxygen atoms in total. The Morgan fingerprint density at radius 2 is 1.81 bits per heavy atom. The van der Waals surface area contributed by atoms with Crippen molar-refractivity contribution in [1.29, 1.82) is 0 Å². The van der Waals surface area contributed by atoms with Gasteiger partial charge in [-0.3, -0.25) is 9.10 Å². The number of rotatable bonds is 8. The number of aryl methyl sites for hydroxylation is 2. The lowest BCUT2D eigenvalue weighted by Gasteiger charge is -2.22. The molecule has 0 saturated heterocycles. The first-order valence-corrected chi connectivity index (χ1v) is 11.3. The molecule has 8 heteroatoms. The van der Waals surface area contributed by atoms with Crippen molar-refractivity contribution >= 4 is 44.2 Å². The van der Waals surface area contributed by atoms with Gasteiger partial charge in [-0.05, 0) is 72.3 Å². The van der Waals surface area contributed by atoms with E-state index < -0.39 is 10.0 Å². The average molecular weight is 502 g/mol. The fourth-order valence-corrected chi connectivity index (χ4v) is 3.72. The van der Waals surface area contributed by atoms with Gasteiger partial charge in [0.2, 0.25) is 15.9 Å². The van der Waals surface area contributed by atoms with Crippen molar-refractivity contribution in [3.05, 3.63) is 57.2 Å². The molecule has 0 aliphatic heterocycles. The highest BCUT2D eigenvalue weighted by molar-refractivity contribution is 14.1. The second-order valence-corrected chi connectivity index (χ2v) is 9.37. The lowest BCUT2D eigenvalue weighted by Crippen LogP contribution is -2.41. The van der Waals surface area contributed by atoms with Crippen LogP contribution < -0.4 is 14.4 Å². The Morgan fingerprint density at radius 1 is 1.15 bits per heavy atom. The van der Waals surface area contributed by atoms with Crippen molar-refractivity contribution in [3.8, 4) is 5.75 Å². The number of amides is 1. The minimum atomic E-state index is -3.57. The second-order valence-electron chi connectivity index (χ2n) is 6.21. The summed E-state index contributed by atoms with van der Waals surface area (Å²) in [6.07, 6.45) is 1.08. The molecule has 0 fully saturated rings. The molecule has 27 heavy (non-hydrogen) atoms. The molecular weight excluding hydrogens is 479 g/mol. The molecule has 0 aliphatic rings. The lowest BCUT2D eigenvalue weighted by molar-refractivity contribution is -0.119. The Bertz CT molecular complexity index is 898. The Labute approximate surface area is 174 Å². The minimum Gasteiger partial charge on any atom is -0.491 e. The van der Waals surface area contributed by atoms with Crippen LogP contribution in [0.5, 0.6) is 5.75 Å².